The molecule has 3 atom stereocenters. The van der Waals surface area contributed by atoms with E-state index in [9.17, 15) is 0 Å². The smallest absolute Gasteiger partial charge is 0.0748 e. The second kappa shape index (κ2) is 5.15. The standard InChI is InChI=1S/C13H19ClN4/c14-10-3-1-2-9(6-10)12-7-13(17-16-12)18-5-4-11(15)8-18/h1-3,6,11-13,16-17H,4-5,7-8,15H2. The van der Waals surface area contributed by atoms with E-state index in [0.29, 0.717) is 18.2 Å². The minimum Gasteiger partial charge on any atom is -0.326 e. The molecule has 0 bridgehead atoms. The van der Waals surface area contributed by atoms with Crippen LogP contribution in [0.2, 0.25) is 5.02 Å². The molecule has 2 aliphatic heterocycles. The fourth-order valence-electron chi connectivity index (χ4n) is 2.82. The van der Waals surface area contributed by atoms with Crippen molar-refractivity contribution in [1.29, 1.82) is 0 Å². The maximum absolute atomic E-state index is 6.03. The van der Waals surface area contributed by atoms with Crippen LogP contribution in [0.1, 0.15) is 24.4 Å². The molecule has 4 nitrogen and oxygen atoms in total. The van der Waals surface area contributed by atoms with Gasteiger partial charge in [0.1, 0.15) is 0 Å². The Morgan fingerprint density at radius 3 is 2.94 bits per heavy atom. The summed E-state index contributed by atoms with van der Waals surface area (Å²) >= 11 is 6.03. The molecule has 1 aromatic rings. The molecular weight excluding hydrogens is 248 g/mol. The largest absolute Gasteiger partial charge is 0.326 e. The molecule has 5 heteroatoms. The Kier molecular flexibility index (Phi) is 3.54. The van der Waals surface area contributed by atoms with Crippen LogP contribution in [-0.4, -0.2) is 30.2 Å². The molecule has 1 aromatic carbocycles. The molecule has 4 N–H and O–H groups in total. The maximum atomic E-state index is 6.03. The van der Waals surface area contributed by atoms with Crippen LogP contribution in [0.15, 0.2) is 24.3 Å². The summed E-state index contributed by atoms with van der Waals surface area (Å²) in [5, 5.41) is 0.793. The normalized spacial score (nSPS) is 33.1. The van der Waals surface area contributed by atoms with Crippen LogP contribution in [0, 0.1) is 0 Å². The van der Waals surface area contributed by atoms with Crippen LogP contribution in [-0.2, 0) is 0 Å². The van der Waals surface area contributed by atoms with E-state index in [2.05, 4.69) is 21.8 Å². The predicted molar refractivity (Wildman–Crippen MR) is 73.0 cm³/mol. The van der Waals surface area contributed by atoms with Gasteiger partial charge in [0.15, 0.2) is 0 Å². The SMILES string of the molecule is NC1CCN(C2CC(c3cccc(Cl)c3)NN2)C1. The molecule has 0 aromatic heterocycles. The lowest BCUT2D eigenvalue weighted by Gasteiger charge is -2.22. The van der Waals surface area contributed by atoms with Gasteiger partial charge in [0, 0.05) is 30.2 Å². The van der Waals surface area contributed by atoms with Crippen LogP contribution >= 0.6 is 11.6 Å². The highest BCUT2D eigenvalue weighted by atomic mass is 35.5. The number of likely N-dealkylation sites (tertiary alicyclic amines) is 1. The number of nitrogens with zero attached hydrogens (tertiary/aromatic N) is 1. The number of hydrogen-bond donors (Lipinski definition) is 3. The number of hydrogen-bond acceptors (Lipinski definition) is 4. The summed E-state index contributed by atoms with van der Waals surface area (Å²) in [6.45, 7) is 2.07. The van der Waals surface area contributed by atoms with E-state index in [0.717, 1.165) is 31.0 Å². The average molecular weight is 267 g/mol. The lowest BCUT2D eigenvalue weighted by atomic mass is 10.0. The van der Waals surface area contributed by atoms with Crippen LogP contribution in [0.25, 0.3) is 0 Å². The lowest BCUT2D eigenvalue weighted by Crippen LogP contribution is -2.44. The Morgan fingerprint density at radius 1 is 1.33 bits per heavy atom. The van der Waals surface area contributed by atoms with Gasteiger partial charge in [-0.2, -0.15) is 0 Å². The van der Waals surface area contributed by atoms with Gasteiger partial charge in [0.2, 0.25) is 0 Å². The molecule has 3 rings (SSSR count). The third-order valence-corrected chi connectivity index (χ3v) is 4.07. The van der Waals surface area contributed by atoms with Crippen molar-refractivity contribution in [3.63, 3.8) is 0 Å². The van der Waals surface area contributed by atoms with Gasteiger partial charge in [-0.05, 0) is 30.5 Å². The van der Waals surface area contributed by atoms with Gasteiger partial charge in [-0.3, -0.25) is 4.90 Å². The average Bonchev–Trinajstić information content (AvgIpc) is 2.97. The van der Waals surface area contributed by atoms with E-state index in [1.54, 1.807) is 0 Å². The Labute approximate surface area is 112 Å². The molecule has 2 saturated heterocycles. The third kappa shape index (κ3) is 2.53. The number of benzene rings is 1. The molecule has 0 saturated carbocycles. The number of halogens is 1. The number of nitrogens with two attached hydrogens (primary N) is 1. The van der Waals surface area contributed by atoms with Crippen molar-refractivity contribution >= 4 is 11.6 Å². The maximum Gasteiger partial charge on any atom is 0.0748 e. The zero-order valence-electron chi connectivity index (χ0n) is 10.3. The van der Waals surface area contributed by atoms with Gasteiger partial charge < -0.3 is 5.73 Å². The molecule has 2 fully saturated rings. The summed E-state index contributed by atoms with van der Waals surface area (Å²) in [7, 11) is 0. The fourth-order valence-corrected chi connectivity index (χ4v) is 3.02. The van der Waals surface area contributed by atoms with E-state index < -0.39 is 0 Å². The van der Waals surface area contributed by atoms with E-state index in [1.165, 1.54) is 5.56 Å². The van der Waals surface area contributed by atoms with Crippen LogP contribution < -0.4 is 16.6 Å². The monoisotopic (exact) mass is 266 g/mol. The quantitative estimate of drug-likeness (QED) is 0.754. The van der Waals surface area contributed by atoms with Gasteiger partial charge in [-0.25, -0.2) is 10.9 Å². The molecule has 3 unspecified atom stereocenters. The summed E-state index contributed by atoms with van der Waals surface area (Å²) in [4.78, 5) is 2.42. The molecule has 2 heterocycles. The Balaban J connectivity index is 1.65. The van der Waals surface area contributed by atoms with Crippen molar-refractivity contribution < 1.29 is 0 Å². The van der Waals surface area contributed by atoms with Crippen molar-refractivity contribution in [2.75, 3.05) is 13.1 Å². The Hall–Kier alpha value is -0.650. The molecular formula is C13H19ClN4. The van der Waals surface area contributed by atoms with Crippen molar-refractivity contribution in [2.24, 2.45) is 5.73 Å². The van der Waals surface area contributed by atoms with Crippen molar-refractivity contribution in [3.05, 3.63) is 34.9 Å². The fraction of sp³-hybridized carbons (Fsp3) is 0.538. The molecule has 0 spiro atoms. The molecule has 2 aliphatic rings. The molecule has 0 aliphatic carbocycles. The molecule has 98 valence electrons. The summed E-state index contributed by atoms with van der Waals surface area (Å²) in [6, 6.07) is 8.70. The lowest BCUT2D eigenvalue weighted by molar-refractivity contribution is 0.215. The minimum atomic E-state index is 0.325. The Morgan fingerprint density at radius 2 is 2.22 bits per heavy atom. The molecule has 18 heavy (non-hydrogen) atoms. The van der Waals surface area contributed by atoms with E-state index in [1.807, 2.05) is 18.2 Å². The first kappa shape index (κ1) is 12.4. The predicted octanol–water partition coefficient (Wildman–Crippen LogP) is 1.24. The molecule has 0 amide bonds. The highest BCUT2D eigenvalue weighted by molar-refractivity contribution is 6.30. The summed E-state index contributed by atoms with van der Waals surface area (Å²) < 4.78 is 0. The number of rotatable bonds is 2. The third-order valence-electron chi connectivity index (χ3n) is 3.83. The van der Waals surface area contributed by atoms with Crippen LogP contribution in [0.5, 0.6) is 0 Å². The van der Waals surface area contributed by atoms with Crippen molar-refractivity contribution in [3.8, 4) is 0 Å². The van der Waals surface area contributed by atoms with Gasteiger partial charge in [-0.1, -0.05) is 23.7 Å². The summed E-state index contributed by atoms with van der Waals surface area (Å²) in [6.07, 6.45) is 2.52. The first-order valence-electron chi connectivity index (χ1n) is 6.48. The highest BCUT2D eigenvalue weighted by Crippen LogP contribution is 2.26. The first-order valence-corrected chi connectivity index (χ1v) is 6.86. The second-order valence-corrected chi connectivity index (χ2v) is 5.63. The topological polar surface area (TPSA) is 53.3 Å². The molecule has 0 radical (unpaired) electrons. The van der Waals surface area contributed by atoms with Crippen LogP contribution in [0.3, 0.4) is 0 Å². The first-order chi connectivity index (χ1) is 8.72. The van der Waals surface area contributed by atoms with Crippen molar-refractivity contribution in [2.45, 2.75) is 31.1 Å². The van der Waals surface area contributed by atoms with Crippen molar-refractivity contribution in [1.82, 2.24) is 15.8 Å². The van der Waals surface area contributed by atoms with Gasteiger partial charge in [-0.15, -0.1) is 0 Å². The number of nitrogens with one attached hydrogen (secondary N) is 2. The van der Waals surface area contributed by atoms with E-state index >= 15 is 0 Å². The second-order valence-electron chi connectivity index (χ2n) is 5.19. The zero-order valence-corrected chi connectivity index (χ0v) is 11.0. The highest BCUT2D eigenvalue weighted by Gasteiger charge is 2.32. The zero-order chi connectivity index (χ0) is 12.5. The number of hydrazine groups is 1. The minimum absolute atomic E-state index is 0.325. The van der Waals surface area contributed by atoms with Gasteiger partial charge in [0.25, 0.3) is 0 Å². The van der Waals surface area contributed by atoms with E-state index in [-0.39, 0.29) is 0 Å². The van der Waals surface area contributed by atoms with Crippen LogP contribution in [0.4, 0.5) is 0 Å². The van der Waals surface area contributed by atoms with Gasteiger partial charge >= 0.3 is 0 Å². The Bertz CT molecular complexity index is 425. The summed E-state index contributed by atoms with van der Waals surface area (Å²) in [5.41, 5.74) is 13.9. The van der Waals surface area contributed by atoms with E-state index in [4.69, 9.17) is 17.3 Å². The van der Waals surface area contributed by atoms with Gasteiger partial charge in [0.05, 0.1) is 6.17 Å². The summed E-state index contributed by atoms with van der Waals surface area (Å²) in [5.74, 6) is 0.